The van der Waals surface area contributed by atoms with E-state index in [-0.39, 0.29) is 5.41 Å². The van der Waals surface area contributed by atoms with Gasteiger partial charge >= 0.3 is 0 Å². The van der Waals surface area contributed by atoms with Crippen molar-refractivity contribution in [2.24, 2.45) is 0 Å². The Bertz CT molecular complexity index is 1480. The number of nitrogens with one attached hydrogen (secondary N) is 2. The first kappa shape index (κ1) is 21.2. The summed E-state index contributed by atoms with van der Waals surface area (Å²) in [6.45, 7) is 4.63. The zero-order chi connectivity index (χ0) is 23.8. The van der Waals surface area contributed by atoms with E-state index in [1.165, 1.54) is 33.4 Å². The Labute approximate surface area is 207 Å². The summed E-state index contributed by atoms with van der Waals surface area (Å²) in [5, 5.41) is 7.04. The van der Waals surface area contributed by atoms with Gasteiger partial charge in [0, 0.05) is 28.2 Å². The molecule has 5 aromatic carbocycles. The highest BCUT2D eigenvalue weighted by molar-refractivity contribution is 5.83. The first-order valence-corrected chi connectivity index (χ1v) is 12.1. The van der Waals surface area contributed by atoms with Gasteiger partial charge < -0.3 is 10.6 Å². The van der Waals surface area contributed by atoms with Crippen LogP contribution < -0.4 is 10.6 Å². The summed E-state index contributed by atoms with van der Waals surface area (Å²) in [6, 6.07) is 43.0. The molecule has 0 bridgehead atoms. The third-order valence-corrected chi connectivity index (χ3v) is 7.04. The predicted octanol–water partition coefficient (Wildman–Crippen LogP) is 9.15. The van der Waals surface area contributed by atoms with Crippen LogP contribution in [-0.2, 0) is 5.41 Å². The van der Waals surface area contributed by atoms with Crippen LogP contribution in [0, 0.1) is 0 Å². The molecule has 6 rings (SSSR count). The predicted molar refractivity (Wildman–Crippen MR) is 149 cm³/mol. The molecule has 0 radical (unpaired) electrons. The molecule has 0 amide bonds. The number of fused-ring (bicyclic) bond motifs is 3. The van der Waals surface area contributed by atoms with E-state index in [0.29, 0.717) is 0 Å². The molecule has 0 unspecified atom stereocenters. The van der Waals surface area contributed by atoms with Crippen LogP contribution in [0.2, 0.25) is 0 Å². The summed E-state index contributed by atoms with van der Waals surface area (Å²) in [5.41, 5.74) is 12.3. The van der Waals surface area contributed by atoms with Gasteiger partial charge in [-0.3, -0.25) is 0 Å². The van der Waals surface area contributed by atoms with Gasteiger partial charge in [-0.25, -0.2) is 0 Å². The monoisotopic (exact) mass is 452 g/mol. The number of para-hydroxylation sites is 1. The molecule has 0 saturated carbocycles. The minimum Gasteiger partial charge on any atom is -0.356 e. The third-order valence-electron chi connectivity index (χ3n) is 7.04. The van der Waals surface area contributed by atoms with Gasteiger partial charge in [-0.05, 0) is 81.9 Å². The minimum absolute atomic E-state index is 0.00893. The summed E-state index contributed by atoms with van der Waals surface area (Å²) < 4.78 is 0. The van der Waals surface area contributed by atoms with Crippen molar-refractivity contribution in [2.75, 3.05) is 10.6 Å². The molecular formula is C33H28N2. The van der Waals surface area contributed by atoms with Crippen LogP contribution in [-0.4, -0.2) is 0 Å². The van der Waals surface area contributed by atoms with Crippen LogP contribution in [0.25, 0.3) is 22.3 Å². The van der Waals surface area contributed by atoms with Gasteiger partial charge in [0.15, 0.2) is 0 Å². The third kappa shape index (κ3) is 3.98. The molecule has 1 aliphatic carbocycles. The van der Waals surface area contributed by atoms with Crippen molar-refractivity contribution < 1.29 is 0 Å². The molecule has 35 heavy (non-hydrogen) atoms. The largest absolute Gasteiger partial charge is 0.356 e. The molecule has 0 atom stereocenters. The maximum absolute atomic E-state index is 3.60. The Kier molecular flexibility index (Phi) is 5.15. The molecule has 0 heterocycles. The quantitative estimate of drug-likeness (QED) is 0.278. The maximum Gasteiger partial charge on any atom is 0.0387 e. The molecule has 170 valence electrons. The van der Waals surface area contributed by atoms with E-state index in [0.717, 1.165) is 22.7 Å². The molecule has 0 fully saturated rings. The summed E-state index contributed by atoms with van der Waals surface area (Å²) in [5.74, 6) is 0. The first-order chi connectivity index (χ1) is 17.1. The van der Waals surface area contributed by atoms with Gasteiger partial charge in [0.05, 0.1) is 0 Å². The Hall–Kier alpha value is -4.30. The van der Waals surface area contributed by atoms with Crippen LogP contribution in [0.15, 0.2) is 121 Å². The van der Waals surface area contributed by atoms with Gasteiger partial charge in [0.25, 0.3) is 0 Å². The van der Waals surface area contributed by atoms with Crippen molar-refractivity contribution >= 4 is 22.7 Å². The lowest BCUT2D eigenvalue weighted by Gasteiger charge is -2.22. The normalized spacial score (nSPS) is 13.1. The molecule has 2 heteroatoms. The molecule has 2 nitrogen and oxygen atoms in total. The molecule has 2 N–H and O–H groups in total. The average molecular weight is 453 g/mol. The van der Waals surface area contributed by atoms with Crippen molar-refractivity contribution in [3.63, 3.8) is 0 Å². The van der Waals surface area contributed by atoms with E-state index in [1.807, 2.05) is 18.2 Å². The summed E-state index contributed by atoms with van der Waals surface area (Å²) in [6.07, 6.45) is 0. The zero-order valence-electron chi connectivity index (χ0n) is 20.0. The lowest BCUT2D eigenvalue weighted by molar-refractivity contribution is 0.660. The standard InChI is InChI=1S/C33H28N2/c1-33(2)31-11-7-6-10-29(31)30-21-20-28(22-32(30)33)35-27-18-14-24(15-19-27)23-12-16-26(17-13-23)34-25-8-4-3-5-9-25/h3-22,34-35H,1-2H3. The van der Waals surface area contributed by atoms with Crippen LogP contribution in [0.1, 0.15) is 25.0 Å². The highest BCUT2D eigenvalue weighted by Gasteiger charge is 2.35. The fourth-order valence-electron chi connectivity index (χ4n) is 5.13. The van der Waals surface area contributed by atoms with Crippen molar-refractivity contribution in [3.05, 3.63) is 132 Å². The molecule has 5 aromatic rings. The smallest absolute Gasteiger partial charge is 0.0387 e. The number of hydrogen-bond acceptors (Lipinski definition) is 2. The topological polar surface area (TPSA) is 24.1 Å². The Morgan fingerprint density at radius 2 is 0.914 bits per heavy atom. The van der Waals surface area contributed by atoms with E-state index in [2.05, 4.69) is 128 Å². The lowest BCUT2D eigenvalue weighted by atomic mass is 9.82. The SMILES string of the molecule is CC1(C)c2ccccc2-c2ccc(Nc3ccc(-c4ccc(Nc5ccccc5)cc4)cc3)cc21. The van der Waals surface area contributed by atoms with Crippen molar-refractivity contribution in [2.45, 2.75) is 19.3 Å². The Morgan fingerprint density at radius 3 is 1.57 bits per heavy atom. The van der Waals surface area contributed by atoms with Crippen molar-refractivity contribution in [1.82, 2.24) is 0 Å². The van der Waals surface area contributed by atoms with E-state index in [4.69, 9.17) is 0 Å². The average Bonchev–Trinajstić information content (AvgIpc) is 3.12. The fourth-order valence-corrected chi connectivity index (χ4v) is 5.13. The number of rotatable bonds is 5. The summed E-state index contributed by atoms with van der Waals surface area (Å²) in [4.78, 5) is 0. The molecule has 0 aliphatic heterocycles. The molecule has 0 saturated heterocycles. The van der Waals surface area contributed by atoms with Crippen LogP contribution in [0.5, 0.6) is 0 Å². The Balaban J connectivity index is 1.18. The van der Waals surface area contributed by atoms with Gasteiger partial charge in [0.1, 0.15) is 0 Å². The zero-order valence-corrected chi connectivity index (χ0v) is 20.0. The molecule has 0 spiro atoms. The maximum atomic E-state index is 3.60. The summed E-state index contributed by atoms with van der Waals surface area (Å²) in [7, 11) is 0. The van der Waals surface area contributed by atoms with E-state index in [1.54, 1.807) is 0 Å². The van der Waals surface area contributed by atoms with Crippen LogP contribution in [0.4, 0.5) is 22.7 Å². The van der Waals surface area contributed by atoms with E-state index < -0.39 is 0 Å². The van der Waals surface area contributed by atoms with Gasteiger partial charge in [-0.15, -0.1) is 0 Å². The number of anilines is 4. The Morgan fingerprint density at radius 1 is 0.429 bits per heavy atom. The van der Waals surface area contributed by atoms with Crippen LogP contribution >= 0.6 is 0 Å². The molecule has 0 aromatic heterocycles. The lowest BCUT2D eigenvalue weighted by Crippen LogP contribution is -2.15. The highest BCUT2D eigenvalue weighted by Crippen LogP contribution is 2.49. The van der Waals surface area contributed by atoms with E-state index in [9.17, 15) is 0 Å². The van der Waals surface area contributed by atoms with Crippen LogP contribution in [0.3, 0.4) is 0 Å². The van der Waals surface area contributed by atoms with Gasteiger partial charge in [0.2, 0.25) is 0 Å². The number of benzene rings is 5. The molecular weight excluding hydrogens is 424 g/mol. The fraction of sp³-hybridized carbons (Fsp3) is 0.0909. The second kappa shape index (κ2) is 8.48. The highest BCUT2D eigenvalue weighted by atomic mass is 14.9. The minimum atomic E-state index is 0.00893. The van der Waals surface area contributed by atoms with Crippen molar-refractivity contribution in [1.29, 1.82) is 0 Å². The van der Waals surface area contributed by atoms with Gasteiger partial charge in [-0.2, -0.15) is 0 Å². The number of hydrogen-bond donors (Lipinski definition) is 2. The van der Waals surface area contributed by atoms with Gasteiger partial charge in [-0.1, -0.05) is 86.6 Å². The van der Waals surface area contributed by atoms with Crippen molar-refractivity contribution in [3.8, 4) is 22.3 Å². The summed E-state index contributed by atoms with van der Waals surface area (Å²) >= 11 is 0. The molecule has 1 aliphatic rings. The van der Waals surface area contributed by atoms with E-state index >= 15 is 0 Å². The second-order valence-corrected chi connectivity index (χ2v) is 9.70. The first-order valence-electron chi connectivity index (χ1n) is 12.1. The second-order valence-electron chi connectivity index (χ2n) is 9.70.